The van der Waals surface area contributed by atoms with Crippen molar-refractivity contribution in [2.45, 2.75) is 63.5 Å². The van der Waals surface area contributed by atoms with Crippen LogP contribution in [0.4, 0.5) is 0 Å². The monoisotopic (exact) mass is 610 g/mol. The summed E-state index contributed by atoms with van der Waals surface area (Å²) < 4.78 is 0. The Morgan fingerprint density at radius 2 is 1.60 bits per heavy atom. The standard InChI is InChI=1S/C34H42N8O3/c1-21(36-20-30(43)42-15-7-8-27(42)19-35)18-34(33-37-22(2)38-39-33)28-13-11-25(31(44)40(3)4)16-23(28)9-10-24-17-26(12-14-29(24)34)32(45)41(5)6/h11-14,16-17,21,27,36H,7-10,15,18,20H2,1-6H3,(H,37,38,39)/t21-,27?/m1/s1. The van der Waals surface area contributed by atoms with Crippen molar-refractivity contribution in [2.24, 2.45) is 0 Å². The second-order valence-corrected chi connectivity index (χ2v) is 12.7. The van der Waals surface area contributed by atoms with Crippen molar-refractivity contribution in [2.75, 3.05) is 41.3 Å². The molecule has 3 amide bonds. The van der Waals surface area contributed by atoms with Crippen molar-refractivity contribution >= 4 is 17.7 Å². The van der Waals surface area contributed by atoms with Crippen molar-refractivity contribution in [3.63, 3.8) is 0 Å². The molecule has 1 unspecified atom stereocenters. The van der Waals surface area contributed by atoms with Gasteiger partial charge in [-0.3, -0.25) is 14.4 Å². The topological polar surface area (TPSA) is 138 Å². The minimum absolute atomic E-state index is 0.0781. The lowest BCUT2D eigenvalue weighted by Gasteiger charge is -2.37. The van der Waals surface area contributed by atoms with Gasteiger partial charge in [0.05, 0.1) is 18.0 Å². The number of amides is 3. The number of benzene rings is 2. The summed E-state index contributed by atoms with van der Waals surface area (Å²) in [7, 11) is 6.96. The first-order chi connectivity index (χ1) is 21.5. The quantitative estimate of drug-likeness (QED) is 0.400. The number of fused-ring (bicyclic) bond motifs is 2. The Labute approximate surface area is 264 Å². The average molecular weight is 611 g/mol. The van der Waals surface area contributed by atoms with Gasteiger partial charge in [0.15, 0.2) is 0 Å². The molecule has 1 aliphatic heterocycles. The summed E-state index contributed by atoms with van der Waals surface area (Å²) in [5.41, 5.74) is 4.42. The molecule has 11 nitrogen and oxygen atoms in total. The van der Waals surface area contributed by atoms with Gasteiger partial charge in [-0.2, -0.15) is 5.26 Å². The molecular weight excluding hydrogens is 568 g/mol. The van der Waals surface area contributed by atoms with Gasteiger partial charge in [0.1, 0.15) is 17.7 Å². The van der Waals surface area contributed by atoms with Crippen LogP contribution in [0.15, 0.2) is 36.4 Å². The van der Waals surface area contributed by atoms with Gasteiger partial charge in [-0.25, -0.2) is 0 Å². The zero-order valence-corrected chi connectivity index (χ0v) is 27.0. The summed E-state index contributed by atoms with van der Waals surface area (Å²) in [4.78, 5) is 47.4. The Balaban J connectivity index is 1.63. The van der Waals surface area contributed by atoms with Crippen LogP contribution in [0, 0.1) is 18.3 Å². The van der Waals surface area contributed by atoms with Gasteiger partial charge in [0.2, 0.25) is 5.91 Å². The smallest absolute Gasteiger partial charge is 0.253 e. The fourth-order valence-electron chi connectivity index (χ4n) is 6.83. The summed E-state index contributed by atoms with van der Waals surface area (Å²) in [5, 5.41) is 22.0. The first-order valence-electron chi connectivity index (χ1n) is 15.5. The van der Waals surface area contributed by atoms with Gasteiger partial charge in [0, 0.05) is 51.9 Å². The molecule has 3 aromatic rings. The van der Waals surface area contributed by atoms with Crippen molar-refractivity contribution in [1.29, 1.82) is 5.26 Å². The zero-order chi connectivity index (χ0) is 32.5. The maximum Gasteiger partial charge on any atom is 0.253 e. The lowest BCUT2D eigenvalue weighted by molar-refractivity contribution is -0.130. The molecule has 45 heavy (non-hydrogen) atoms. The molecule has 1 aliphatic carbocycles. The molecule has 2 atom stereocenters. The van der Waals surface area contributed by atoms with Gasteiger partial charge >= 0.3 is 0 Å². The second-order valence-electron chi connectivity index (χ2n) is 12.7. The SMILES string of the molecule is Cc1nnc(C2(C[C@@H](C)NCC(=O)N3CCCC3C#N)c3ccc(C(=O)N(C)C)cc3CCc3cc(C(=O)N(C)C)ccc32)[nH]1. The van der Waals surface area contributed by atoms with Crippen LogP contribution in [0.5, 0.6) is 0 Å². The number of rotatable bonds is 8. The highest BCUT2D eigenvalue weighted by molar-refractivity contribution is 5.95. The van der Waals surface area contributed by atoms with Crippen molar-refractivity contribution < 1.29 is 14.4 Å². The number of aromatic amines is 1. The molecule has 11 heteroatoms. The largest absolute Gasteiger partial charge is 0.345 e. The molecule has 0 radical (unpaired) electrons. The van der Waals surface area contributed by atoms with E-state index in [-0.39, 0.29) is 36.3 Å². The van der Waals surface area contributed by atoms with E-state index in [1.54, 1.807) is 42.9 Å². The molecule has 1 saturated heterocycles. The van der Waals surface area contributed by atoms with E-state index in [1.165, 1.54) is 0 Å². The third kappa shape index (κ3) is 6.07. The molecule has 0 spiro atoms. The maximum absolute atomic E-state index is 13.1. The number of likely N-dealkylation sites (tertiary alicyclic amines) is 1. The third-order valence-electron chi connectivity index (χ3n) is 9.04. The van der Waals surface area contributed by atoms with Gasteiger partial charge in [-0.05, 0) is 92.5 Å². The summed E-state index contributed by atoms with van der Waals surface area (Å²) >= 11 is 0. The Morgan fingerprint density at radius 3 is 2.09 bits per heavy atom. The summed E-state index contributed by atoms with van der Waals surface area (Å²) in [6.07, 6.45) is 3.37. The number of carbonyl (C=O) groups is 3. The van der Waals surface area contributed by atoms with Crippen LogP contribution in [0.25, 0.3) is 0 Å². The molecule has 0 bridgehead atoms. The number of aromatic nitrogens is 3. The van der Waals surface area contributed by atoms with E-state index in [4.69, 9.17) is 0 Å². The molecule has 5 rings (SSSR count). The molecular formula is C34H42N8O3. The third-order valence-corrected chi connectivity index (χ3v) is 9.04. The minimum Gasteiger partial charge on any atom is -0.345 e. The summed E-state index contributed by atoms with van der Waals surface area (Å²) in [6.45, 7) is 4.61. The van der Waals surface area contributed by atoms with E-state index in [0.29, 0.717) is 55.0 Å². The molecule has 1 fully saturated rings. The predicted octanol–water partition coefficient (Wildman–Crippen LogP) is 2.83. The van der Waals surface area contributed by atoms with Gasteiger partial charge in [-0.1, -0.05) is 12.1 Å². The van der Waals surface area contributed by atoms with Gasteiger partial charge in [0.25, 0.3) is 11.8 Å². The number of nitriles is 1. The van der Waals surface area contributed by atoms with Crippen molar-refractivity contribution in [3.8, 4) is 6.07 Å². The molecule has 1 aromatic heterocycles. The predicted molar refractivity (Wildman–Crippen MR) is 170 cm³/mol. The first-order valence-corrected chi connectivity index (χ1v) is 15.5. The average Bonchev–Trinajstić information content (AvgIpc) is 3.67. The van der Waals surface area contributed by atoms with E-state index in [1.807, 2.05) is 50.2 Å². The van der Waals surface area contributed by atoms with Crippen molar-refractivity contribution in [1.82, 2.24) is 35.2 Å². The fraction of sp³-hybridized carbons (Fsp3) is 0.471. The zero-order valence-electron chi connectivity index (χ0n) is 27.0. The Kier molecular flexibility index (Phi) is 9.07. The van der Waals surface area contributed by atoms with Crippen LogP contribution in [-0.4, -0.2) is 101 Å². The molecule has 236 valence electrons. The van der Waals surface area contributed by atoms with Crippen LogP contribution in [-0.2, 0) is 23.1 Å². The highest BCUT2D eigenvalue weighted by atomic mass is 16.2. The number of aryl methyl sites for hydroxylation is 3. The van der Waals surface area contributed by atoms with E-state index in [9.17, 15) is 19.6 Å². The Hall–Kier alpha value is -4.56. The lowest BCUT2D eigenvalue weighted by Crippen LogP contribution is -2.45. The van der Waals surface area contributed by atoms with Crippen LogP contribution < -0.4 is 5.32 Å². The van der Waals surface area contributed by atoms with Crippen LogP contribution in [0.2, 0.25) is 0 Å². The molecule has 2 N–H and O–H groups in total. The lowest BCUT2D eigenvalue weighted by atomic mass is 9.67. The van der Waals surface area contributed by atoms with E-state index in [2.05, 4.69) is 26.6 Å². The Bertz CT molecular complexity index is 1580. The van der Waals surface area contributed by atoms with Crippen LogP contribution >= 0.6 is 0 Å². The van der Waals surface area contributed by atoms with Crippen LogP contribution in [0.3, 0.4) is 0 Å². The van der Waals surface area contributed by atoms with Crippen LogP contribution in [0.1, 0.15) is 80.8 Å². The number of nitrogens with zero attached hydrogens (tertiary/aromatic N) is 6. The Morgan fingerprint density at radius 1 is 1.02 bits per heavy atom. The molecule has 2 aromatic carbocycles. The number of nitrogens with one attached hydrogen (secondary N) is 2. The number of hydrogen-bond acceptors (Lipinski definition) is 7. The van der Waals surface area contributed by atoms with Gasteiger partial charge in [-0.15, -0.1) is 10.2 Å². The molecule has 2 heterocycles. The maximum atomic E-state index is 13.1. The highest BCUT2D eigenvalue weighted by Crippen LogP contribution is 2.47. The summed E-state index contributed by atoms with van der Waals surface area (Å²) in [6, 6.07) is 13.4. The normalized spacial score (nSPS) is 17.4. The number of carbonyl (C=O) groups excluding carboxylic acids is 3. The highest BCUT2D eigenvalue weighted by Gasteiger charge is 2.45. The fourth-order valence-corrected chi connectivity index (χ4v) is 6.83. The summed E-state index contributed by atoms with van der Waals surface area (Å²) in [5.74, 6) is 1.09. The minimum atomic E-state index is -0.833. The van der Waals surface area contributed by atoms with E-state index < -0.39 is 5.41 Å². The van der Waals surface area contributed by atoms with Crippen molar-refractivity contribution in [3.05, 3.63) is 81.4 Å². The van der Waals surface area contributed by atoms with E-state index in [0.717, 1.165) is 28.7 Å². The second kappa shape index (κ2) is 12.8. The number of H-pyrrole nitrogens is 1. The first kappa shape index (κ1) is 31.9. The number of hydrogen-bond donors (Lipinski definition) is 2. The van der Waals surface area contributed by atoms with Gasteiger partial charge < -0.3 is 25.0 Å². The van der Waals surface area contributed by atoms with E-state index >= 15 is 0 Å². The molecule has 2 aliphatic rings. The molecule has 0 saturated carbocycles.